The van der Waals surface area contributed by atoms with E-state index in [2.05, 4.69) is 79.7 Å². The first-order valence-electron chi connectivity index (χ1n) is 11.0. The molecule has 0 aromatic heterocycles. The Labute approximate surface area is 168 Å². The first-order chi connectivity index (χ1) is 12.7. The predicted molar refractivity (Wildman–Crippen MR) is 122 cm³/mol. The molecule has 27 heavy (non-hydrogen) atoms. The summed E-state index contributed by atoms with van der Waals surface area (Å²) >= 11 is 0. The van der Waals surface area contributed by atoms with Crippen molar-refractivity contribution in [1.29, 1.82) is 0 Å². The molecule has 0 heterocycles. The molecule has 0 unspecified atom stereocenters. The van der Waals surface area contributed by atoms with Crippen molar-refractivity contribution >= 4 is 11.4 Å². The lowest BCUT2D eigenvalue weighted by molar-refractivity contribution is 0.332. The van der Waals surface area contributed by atoms with E-state index < -0.39 is 0 Å². The molecule has 1 aromatic carbocycles. The van der Waals surface area contributed by atoms with Crippen molar-refractivity contribution in [3.63, 3.8) is 0 Å². The van der Waals surface area contributed by atoms with Gasteiger partial charge in [0.1, 0.15) is 0 Å². The van der Waals surface area contributed by atoms with Gasteiger partial charge in [0, 0.05) is 11.3 Å². The van der Waals surface area contributed by atoms with E-state index >= 15 is 0 Å². The van der Waals surface area contributed by atoms with Crippen LogP contribution in [0.5, 0.6) is 0 Å². The maximum atomic E-state index is 5.11. The lowest BCUT2D eigenvalue weighted by Crippen LogP contribution is -2.33. The highest BCUT2D eigenvalue weighted by atomic mass is 14.8. The van der Waals surface area contributed by atoms with Gasteiger partial charge in [-0.1, -0.05) is 72.6 Å². The summed E-state index contributed by atoms with van der Waals surface area (Å²) in [6.45, 7) is 18.5. The molecule has 0 N–H and O–H groups in total. The van der Waals surface area contributed by atoms with E-state index in [1.807, 2.05) is 0 Å². The Morgan fingerprint density at radius 2 is 1.56 bits per heavy atom. The zero-order chi connectivity index (χ0) is 20.2. The second kappa shape index (κ2) is 8.76. The van der Waals surface area contributed by atoms with Gasteiger partial charge in [-0.05, 0) is 73.5 Å². The molecule has 0 fully saturated rings. The van der Waals surface area contributed by atoms with Gasteiger partial charge < -0.3 is 0 Å². The minimum Gasteiger partial charge on any atom is -0.258 e. The van der Waals surface area contributed by atoms with Crippen LogP contribution < -0.4 is 0 Å². The number of nitrogens with zero attached hydrogens (tertiary/aromatic N) is 1. The van der Waals surface area contributed by atoms with Gasteiger partial charge in [0.2, 0.25) is 0 Å². The van der Waals surface area contributed by atoms with E-state index in [9.17, 15) is 0 Å². The maximum absolute atomic E-state index is 5.11. The van der Waals surface area contributed by atoms with Crippen molar-refractivity contribution in [1.82, 2.24) is 0 Å². The highest BCUT2D eigenvalue weighted by Gasteiger charge is 2.37. The molecule has 0 amide bonds. The fraction of sp³-hybridized carbons (Fsp3) is 0.654. The third-order valence-corrected chi connectivity index (χ3v) is 6.58. The smallest absolute Gasteiger partial charge is 0.0658 e. The molecule has 1 nitrogen and oxygen atoms in total. The fourth-order valence-electron chi connectivity index (χ4n) is 4.58. The van der Waals surface area contributed by atoms with Crippen LogP contribution in [0.2, 0.25) is 0 Å². The standard InChI is InChI=1S/C26H41N/c1-9-12-20(13-10-2)19(4)27-24(11-3)21-14-15-22-23(18-21)26(7,8)17-16-25(22,5)6/h11,14-15,18,20H,9-10,12-13,16-17H2,1-8H3/b24-11-,27-19?. The van der Waals surface area contributed by atoms with Gasteiger partial charge in [-0.2, -0.15) is 0 Å². The maximum Gasteiger partial charge on any atom is 0.0658 e. The average Bonchev–Trinajstić information content (AvgIpc) is 2.63. The average molecular weight is 368 g/mol. The molecule has 0 spiro atoms. The molecular weight excluding hydrogens is 326 g/mol. The van der Waals surface area contributed by atoms with Crippen LogP contribution >= 0.6 is 0 Å². The van der Waals surface area contributed by atoms with Gasteiger partial charge in [0.05, 0.1) is 5.70 Å². The molecule has 0 atom stereocenters. The lowest BCUT2D eigenvalue weighted by atomic mass is 9.63. The highest BCUT2D eigenvalue weighted by molar-refractivity contribution is 5.90. The van der Waals surface area contributed by atoms with Crippen LogP contribution in [0.1, 0.15) is 111 Å². The van der Waals surface area contributed by atoms with Crippen LogP contribution in [0.15, 0.2) is 29.3 Å². The Morgan fingerprint density at radius 3 is 2.07 bits per heavy atom. The third-order valence-electron chi connectivity index (χ3n) is 6.58. The van der Waals surface area contributed by atoms with Crippen molar-refractivity contribution in [2.75, 3.05) is 0 Å². The molecule has 0 radical (unpaired) electrons. The van der Waals surface area contributed by atoms with E-state index in [4.69, 9.17) is 4.99 Å². The van der Waals surface area contributed by atoms with E-state index in [1.54, 1.807) is 0 Å². The predicted octanol–water partition coefficient (Wildman–Crippen LogP) is 8.07. The minimum atomic E-state index is 0.241. The van der Waals surface area contributed by atoms with Crippen LogP contribution in [-0.2, 0) is 10.8 Å². The van der Waals surface area contributed by atoms with Gasteiger partial charge in [-0.15, -0.1) is 0 Å². The molecule has 0 saturated heterocycles. The molecule has 150 valence electrons. The van der Waals surface area contributed by atoms with Crippen LogP contribution in [0.25, 0.3) is 5.70 Å². The quantitative estimate of drug-likeness (QED) is 0.432. The lowest BCUT2D eigenvalue weighted by Gasteiger charge is -2.42. The van der Waals surface area contributed by atoms with Gasteiger partial charge in [0.15, 0.2) is 0 Å². The molecule has 1 heteroatoms. The van der Waals surface area contributed by atoms with Gasteiger partial charge in [-0.3, -0.25) is 4.99 Å². The molecule has 0 saturated carbocycles. The second-order valence-corrected chi connectivity index (χ2v) is 9.73. The third kappa shape index (κ3) is 4.92. The SMILES string of the molecule is C/C=C(\N=C(C)C(CCC)CCC)c1ccc2c(c1)C(C)(C)CCC2(C)C. The Balaban J connectivity index is 2.43. The molecule has 1 aliphatic rings. The number of aliphatic imine (C=N–C) groups is 1. The number of hydrogen-bond donors (Lipinski definition) is 0. The van der Waals surface area contributed by atoms with Crippen molar-refractivity contribution < 1.29 is 0 Å². The number of rotatable bonds is 7. The second-order valence-electron chi connectivity index (χ2n) is 9.73. The highest BCUT2D eigenvalue weighted by Crippen LogP contribution is 2.46. The summed E-state index contributed by atoms with van der Waals surface area (Å²) in [6.07, 6.45) is 9.63. The Kier molecular flexibility index (Phi) is 7.11. The number of benzene rings is 1. The molecule has 0 aliphatic heterocycles. The first-order valence-corrected chi connectivity index (χ1v) is 11.0. The minimum absolute atomic E-state index is 0.241. The Bertz CT molecular complexity index is 697. The van der Waals surface area contributed by atoms with E-state index in [0.29, 0.717) is 5.92 Å². The summed E-state index contributed by atoms with van der Waals surface area (Å²) in [6, 6.07) is 7.09. The Morgan fingerprint density at radius 1 is 1.00 bits per heavy atom. The van der Waals surface area contributed by atoms with Crippen LogP contribution in [0.4, 0.5) is 0 Å². The molecule has 1 aromatic rings. The van der Waals surface area contributed by atoms with Crippen molar-refractivity contribution in [3.05, 3.63) is 41.0 Å². The van der Waals surface area contributed by atoms with Crippen LogP contribution in [-0.4, -0.2) is 5.71 Å². The molecular formula is C26H41N. The summed E-state index contributed by atoms with van der Waals surface area (Å²) in [4.78, 5) is 5.11. The van der Waals surface area contributed by atoms with Crippen LogP contribution in [0.3, 0.4) is 0 Å². The van der Waals surface area contributed by atoms with Gasteiger partial charge in [-0.25, -0.2) is 0 Å². The monoisotopic (exact) mass is 367 g/mol. The Hall–Kier alpha value is -1.37. The van der Waals surface area contributed by atoms with Gasteiger partial charge in [0.25, 0.3) is 0 Å². The van der Waals surface area contributed by atoms with E-state index in [-0.39, 0.29) is 10.8 Å². The largest absolute Gasteiger partial charge is 0.258 e. The number of fused-ring (bicyclic) bond motifs is 1. The first kappa shape index (κ1) is 21.9. The summed E-state index contributed by atoms with van der Waals surface area (Å²) in [5, 5.41) is 0. The summed E-state index contributed by atoms with van der Waals surface area (Å²) in [5.74, 6) is 0.614. The summed E-state index contributed by atoms with van der Waals surface area (Å²) < 4.78 is 0. The number of hydrogen-bond acceptors (Lipinski definition) is 1. The fourth-order valence-corrected chi connectivity index (χ4v) is 4.58. The zero-order valence-electron chi connectivity index (χ0n) is 19.1. The van der Waals surface area contributed by atoms with Crippen molar-refractivity contribution in [3.8, 4) is 0 Å². The van der Waals surface area contributed by atoms with Crippen molar-refractivity contribution in [2.45, 2.75) is 105 Å². The topological polar surface area (TPSA) is 12.4 Å². The van der Waals surface area contributed by atoms with Gasteiger partial charge >= 0.3 is 0 Å². The molecule has 1 aliphatic carbocycles. The molecule has 2 rings (SSSR count). The van der Waals surface area contributed by atoms with Crippen LogP contribution in [0, 0.1) is 5.92 Å². The number of allylic oxidation sites excluding steroid dienone is 1. The zero-order valence-corrected chi connectivity index (χ0v) is 19.1. The summed E-state index contributed by atoms with van der Waals surface area (Å²) in [7, 11) is 0. The summed E-state index contributed by atoms with van der Waals surface area (Å²) in [5.41, 5.74) is 7.25. The van der Waals surface area contributed by atoms with Crippen molar-refractivity contribution in [2.24, 2.45) is 10.9 Å². The van der Waals surface area contributed by atoms with E-state index in [0.717, 1.165) is 5.70 Å². The van der Waals surface area contributed by atoms with E-state index in [1.165, 1.54) is 60.9 Å². The molecule has 0 bridgehead atoms. The normalized spacial score (nSPS) is 19.3.